The molecule has 0 bridgehead atoms. The number of ether oxygens (including phenoxy) is 1. The Labute approximate surface area is 173 Å². The number of hydrogen-bond acceptors (Lipinski definition) is 4. The van der Waals surface area contributed by atoms with Crippen molar-refractivity contribution < 1.29 is 14.6 Å². The van der Waals surface area contributed by atoms with Crippen LogP contribution in [0.1, 0.15) is 28.8 Å². The van der Waals surface area contributed by atoms with Crippen molar-refractivity contribution in [3.8, 4) is 16.3 Å². The summed E-state index contributed by atoms with van der Waals surface area (Å²) in [7, 11) is 1.63. The van der Waals surface area contributed by atoms with Crippen LogP contribution in [-0.2, 0) is 13.0 Å². The van der Waals surface area contributed by atoms with E-state index in [-0.39, 0.29) is 6.61 Å². The number of aromatic nitrogens is 1. The van der Waals surface area contributed by atoms with Gasteiger partial charge in [0.25, 0.3) is 0 Å². The lowest BCUT2D eigenvalue weighted by atomic mass is 10.0. The molecule has 0 atom stereocenters. The Balaban J connectivity index is 1.80. The van der Waals surface area contributed by atoms with Gasteiger partial charge in [-0.25, -0.2) is 0 Å². The highest BCUT2D eigenvalue weighted by molar-refractivity contribution is 7.22. The van der Waals surface area contributed by atoms with Gasteiger partial charge >= 0.3 is 0 Å². The Hall–Kier alpha value is -2.63. The lowest BCUT2D eigenvalue weighted by Gasteiger charge is -2.11. The van der Waals surface area contributed by atoms with Gasteiger partial charge in [-0.1, -0.05) is 18.2 Å². The predicted octanol–water partition coefficient (Wildman–Crippen LogP) is 5.29. The second-order valence-electron chi connectivity index (χ2n) is 7.74. The van der Waals surface area contributed by atoms with E-state index >= 15 is 0 Å². The third-order valence-corrected chi connectivity index (χ3v) is 6.98. The van der Waals surface area contributed by atoms with Crippen LogP contribution in [0.3, 0.4) is 0 Å². The highest BCUT2D eigenvalue weighted by atomic mass is 32.1. The van der Waals surface area contributed by atoms with Crippen molar-refractivity contribution in [2.45, 2.75) is 25.8 Å². The highest BCUT2D eigenvalue weighted by Gasteiger charge is 2.26. The summed E-state index contributed by atoms with van der Waals surface area (Å²) in [6.45, 7) is 1.09. The van der Waals surface area contributed by atoms with E-state index < -0.39 is 0 Å². The molecule has 4 nitrogen and oxygen atoms in total. The van der Waals surface area contributed by atoms with Crippen LogP contribution in [0.25, 0.3) is 31.6 Å². The first kappa shape index (κ1) is 18.4. The molecule has 1 aliphatic carbocycles. The van der Waals surface area contributed by atoms with Crippen LogP contribution in [-0.4, -0.2) is 29.7 Å². The molecule has 0 spiro atoms. The van der Waals surface area contributed by atoms with Gasteiger partial charge in [-0.2, -0.15) is 0 Å². The van der Waals surface area contributed by atoms with Gasteiger partial charge in [0, 0.05) is 39.7 Å². The molecule has 29 heavy (non-hydrogen) atoms. The molecule has 148 valence electrons. The Bertz CT molecular complexity index is 1220. The van der Waals surface area contributed by atoms with E-state index in [9.17, 15) is 9.90 Å². The summed E-state index contributed by atoms with van der Waals surface area (Å²) >= 11 is 1.68. The topological polar surface area (TPSA) is 51.5 Å². The van der Waals surface area contributed by atoms with Crippen molar-refractivity contribution in [2.75, 3.05) is 13.7 Å². The second-order valence-corrected chi connectivity index (χ2v) is 8.79. The number of aliphatic hydroxyl groups is 1. The quantitative estimate of drug-likeness (QED) is 0.425. The molecule has 0 unspecified atom stereocenters. The minimum absolute atomic E-state index is 0.0697. The number of aliphatic hydroxyl groups excluding tert-OH is 1. The minimum atomic E-state index is 0.0697. The maximum Gasteiger partial charge on any atom is 0.150 e. The van der Waals surface area contributed by atoms with Crippen molar-refractivity contribution in [2.24, 2.45) is 5.92 Å². The number of carbonyl (C=O) groups is 1. The Morgan fingerprint density at radius 2 is 2.07 bits per heavy atom. The lowest BCUT2D eigenvalue weighted by Crippen LogP contribution is -2.02. The van der Waals surface area contributed by atoms with Crippen LogP contribution in [0.15, 0.2) is 42.5 Å². The van der Waals surface area contributed by atoms with Crippen molar-refractivity contribution >= 4 is 38.6 Å². The number of fused-ring (bicyclic) bond motifs is 2. The van der Waals surface area contributed by atoms with Gasteiger partial charge in [0.1, 0.15) is 12.0 Å². The number of methoxy groups -OCH3 is 1. The average molecular weight is 406 g/mol. The molecule has 1 saturated carbocycles. The molecule has 2 heterocycles. The first-order valence-corrected chi connectivity index (χ1v) is 10.8. The van der Waals surface area contributed by atoms with Gasteiger partial charge in [0.15, 0.2) is 0 Å². The molecular weight excluding hydrogens is 382 g/mol. The summed E-state index contributed by atoms with van der Waals surface area (Å²) < 4.78 is 9.09. The van der Waals surface area contributed by atoms with E-state index in [0.29, 0.717) is 17.7 Å². The molecule has 1 aliphatic rings. The van der Waals surface area contributed by atoms with E-state index in [1.165, 1.54) is 29.4 Å². The zero-order valence-corrected chi connectivity index (χ0v) is 17.2. The fourth-order valence-corrected chi connectivity index (χ4v) is 5.56. The third-order valence-electron chi connectivity index (χ3n) is 5.77. The summed E-state index contributed by atoms with van der Waals surface area (Å²) in [6.07, 6.45) is 3.99. The summed E-state index contributed by atoms with van der Waals surface area (Å²) in [5.74, 6) is 1.44. The number of thiophene rings is 1. The summed E-state index contributed by atoms with van der Waals surface area (Å²) in [4.78, 5) is 12.6. The molecule has 2 aromatic heterocycles. The number of para-hydroxylation sites is 1. The standard InChI is InChI=1S/C24H23NO3S/c1-28-21-10-16(14-27)11-22-23(21)18(8-9-26)24(29-22)20-12-17-4-2-3-5-19(17)25(20)13-15-6-7-15/h2-5,10-12,14-15,26H,6-9,13H2,1H3. The van der Waals surface area contributed by atoms with E-state index in [1.54, 1.807) is 24.5 Å². The molecule has 0 amide bonds. The summed E-state index contributed by atoms with van der Waals surface area (Å²) in [5, 5.41) is 12.0. The van der Waals surface area contributed by atoms with E-state index in [2.05, 4.69) is 34.9 Å². The third kappa shape index (κ3) is 3.15. The smallest absolute Gasteiger partial charge is 0.150 e. The zero-order chi connectivity index (χ0) is 20.0. The van der Waals surface area contributed by atoms with E-state index in [0.717, 1.165) is 39.3 Å². The Morgan fingerprint density at radius 1 is 1.24 bits per heavy atom. The van der Waals surface area contributed by atoms with Gasteiger partial charge in [0.2, 0.25) is 0 Å². The lowest BCUT2D eigenvalue weighted by molar-refractivity contribution is 0.112. The minimum Gasteiger partial charge on any atom is -0.496 e. The van der Waals surface area contributed by atoms with Crippen LogP contribution in [0.5, 0.6) is 5.75 Å². The molecule has 1 N–H and O–H groups in total. The fraction of sp³-hybridized carbons (Fsp3) is 0.292. The van der Waals surface area contributed by atoms with Crippen LogP contribution >= 0.6 is 11.3 Å². The molecule has 0 saturated heterocycles. The van der Waals surface area contributed by atoms with Gasteiger partial charge < -0.3 is 14.4 Å². The largest absolute Gasteiger partial charge is 0.496 e. The molecule has 0 aliphatic heterocycles. The fourth-order valence-electron chi connectivity index (χ4n) is 4.21. The molecule has 0 radical (unpaired) electrons. The van der Waals surface area contributed by atoms with Crippen LogP contribution < -0.4 is 4.74 Å². The van der Waals surface area contributed by atoms with Crippen molar-refractivity contribution in [3.05, 3.63) is 53.6 Å². The van der Waals surface area contributed by atoms with Crippen molar-refractivity contribution in [1.82, 2.24) is 4.57 Å². The number of nitrogens with zero attached hydrogens (tertiary/aromatic N) is 1. The van der Waals surface area contributed by atoms with Crippen LogP contribution in [0.4, 0.5) is 0 Å². The first-order chi connectivity index (χ1) is 14.2. The number of hydrogen-bond donors (Lipinski definition) is 1. The average Bonchev–Trinajstić information content (AvgIpc) is 3.40. The maximum atomic E-state index is 11.4. The summed E-state index contributed by atoms with van der Waals surface area (Å²) in [5.41, 5.74) is 4.15. The molecular formula is C24H23NO3S. The number of benzene rings is 2. The van der Waals surface area contributed by atoms with Crippen LogP contribution in [0.2, 0.25) is 0 Å². The molecule has 1 fully saturated rings. The van der Waals surface area contributed by atoms with Crippen LogP contribution in [0, 0.1) is 5.92 Å². The van der Waals surface area contributed by atoms with Gasteiger partial charge in [-0.3, -0.25) is 4.79 Å². The Morgan fingerprint density at radius 3 is 2.79 bits per heavy atom. The SMILES string of the molecule is COc1cc(C=O)cc2sc(-c3cc4ccccc4n3CC3CC3)c(CCO)c12. The normalized spacial score (nSPS) is 14.0. The van der Waals surface area contributed by atoms with Gasteiger partial charge in [0.05, 0.1) is 17.7 Å². The van der Waals surface area contributed by atoms with Gasteiger partial charge in [-0.05, 0) is 55.0 Å². The Kier molecular flexibility index (Phi) is 4.64. The van der Waals surface area contributed by atoms with E-state index in [4.69, 9.17) is 4.74 Å². The zero-order valence-electron chi connectivity index (χ0n) is 16.4. The summed E-state index contributed by atoms with van der Waals surface area (Å²) in [6, 6.07) is 14.5. The predicted molar refractivity (Wildman–Crippen MR) is 118 cm³/mol. The monoisotopic (exact) mass is 405 g/mol. The number of carbonyl (C=O) groups excluding carboxylic acids is 1. The van der Waals surface area contributed by atoms with E-state index in [1.807, 2.05) is 6.07 Å². The molecule has 2 aromatic carbocycles. The second kappa shape index (κ2) is 7.32. The molecule has 5 rings (SSSR count). The van der Waals surface area contributed by atoms with Crippen molar-refractivity contribution in [1.29, 1.82) is 0 Å². The van der Waals surface area contributed by atoms with Crippen molar-refractivity contribution in [3.63, 3.8) is 0 Å². The molecule has 4 aromatic rings. The highest BCUT2D eigenvalue weighted by Crippen LogP contribution is 2.45. The maximum absolute atomic E-state index is 11.4. The number of aldehydes is 1. The first-order valence-electron chi connectivity index (χ1n) is 10.0. The molecule has 5 heteroatoms. The number of rotatable bonds is 7. The van der Waals surface area contributed by atoms with Gasteiger partial charge in [-0.15, -0.1) is 11.3 Å².